The molecule has 0 atom stereocenters. The third-order valence-corrected chi connectivity index (χ3v) is 5.09. The van der Waals surface area contributed by atoms with Gasteiger partial charge in [0.1, 0.15) is 0 Å². The van der Waals surface area contributed by atoms with Gasteiger partial charge in [-0.05, 0) is 46.7 Å². The molecule has 0 unspecified atom stereocenters. The molecule has 0 fully saturated rings. The summed E-state index contributed by atoms with van der Waals surface area (Å²) in [7, 11) is 0. The van der Waals surface area contributed by atoms with Crippen molar-refractivity contribution >= 4 is 0 Å². The molecule has 0 radical (unpaired) electrons. The zero-order valence-electron chi connectivity index (χ0n) is 11.2. The Kier molecular flexibility index (Phi) is 1.80. The molecule has 0 saturated carbocycles. The fourth-order valence-electron chi connectivity index (χ4n) is 4.32. The van der Waals surface area contributed by atoms with E-state index in [1.54, 1.807) is 0 Å². The lowest BCUT2D eigenvalue weighted by Crippen LogP contribution is -2.24. The molecule has 0 amide bonds. The first-order chi connectivity index (χ1) is 9.91. The Bertz CT molecular complexity index is 780. The van der Waals surface area contributed by atoms with Crippen LogP contribution in [0.1, 0.15) is 28.8 Å². The highest BCUT2D eigenvalue weighted by Gasteiger charge is 2.48. The molecule has 5 rings (SSSR count). The summed E-state index contributed by atoms with van der Waals surface area (Å²) in [4.78, 5) is 3.53. The van der Waals surface area contributed by atoms with Gasteiger partial charge in [0.05, 0.1) is 5.41 Å². The smallest absolute Gasteiger partial charge is 0.0619 e. The van der Waals surface area contributed by atoms with E-state index in [2.05, 4.69) is 65.8 Å². The topological polar surface area (TPSA) is 15.8 Å². The summed E-state index contributed by atoms with van der Waals surface area (Å²) < 4.78 is 0. The van der Waals surface area contributed by atoms with Crippen molar-refractivity contribution in [2.24, 2.45) is 0 Å². The average molecular weight is 257 g/mol. The van der Waals surface area contributed by atoms with Crippen LogP contribution in [0.4, 0.5) is 0 Å². The molecule has 1 heteroatoms. The molecule has 0 saturated heterocycles. The third kappa shape index (κ3) is 1.02. The maximum absolute atomic E-state index is 3.53. The van der Waals surface area contributed by atoms with Crippen LogP contribution < -0.4 is 0 Å². The van der Waals surface area contributed by atoms with E-state index in [1.165, 1.54) is 46.4 Å². The van der Waals surface area contributed by atoms with E-state index >= 15 is 0 Å². The minimum absolute atomic E-state index is 0.0615. The number of hydrogen-bond donors (Lipinski definition) is 1. The van der Waals surface area contributed by atoms with Gasteiger partial charge in [-0.2, -0.15) is 0 Å². The molecule has 1 nitrogen and oxygen atoms in total. The average Bonchev–Trinajstić information content (AvgIpc) is 3.16. The van der Waals surface area contributed by atoms with Gasteiger partial charge in [-0.3, -0.25) is 0 Å². The highest BCUT2D eigenvalue weighted by atomic mass is 14.8. The molecular formula is C19H15N. The molecular weight excluding hydrogens is 242 g/mol. The Hall–Kier alpha value is -2.28. The van der Waals surface area contributed by atoms with Crippen LogP contribution in [0.2, 0.25) is 0 Å². The lowest BCUT2D eigenvalue weighted by atomic mass is 9.76. The van der Waals surface area contributed by atoms with Crippen molar-refractivity contribution in [3.05, 3.63) is 83.2 Å². The lowest BCUT2D eigenvalue weighted by Gasteiger charge is -2.27. The summed E-state index contributed by atoms with van der Waals surface area (Å²) >= 11 is 0. The van der Waals surface area contributed by atoms with Crippen LogP contribution in [0.15, 0.2) is 60.8 Å². The number of hydrogen-bond acceptors (Lipinski definition) is 0. The van der Waals surface area contributed by atoms with Crippen molar-refractivity contribution in [2.75, 3.05) is 0 Å². The SMILES string of the molecule is c1ccc2c(c1)-c1ccccc1C21CCc2cc[nH]c21. The molecule has 0 aliphatic heterocycles. The Morgan fingerprint density at radius 1 is 0.800 bits per heavy atom. The second-order valence-corrected chi connectivity index (χ2v) is 5.87. The number of nitrogens with one attached hydrogen (secondary N) is 1. The Balaban J connectivity index is 1.95. The van der Waals surface area contributed by atoms with E-state index in [-0.39, 0.29) is 5.41 Å². The van der Waals surface area contributed by atoms with Crippen LogP contribution >= 0.6 is 0 Å². The van der Waals surface area contributed by atoms with E-state index in [4.69, 9.17) is 0 Å². The number of rotatable bonds is 0. The van der Waals surface area contributed by atoms with E-state index in [9.17, 15) is 0 Å². The molecule has 1 heterocycles. The first-order valence-corrected chi connectivity index (χ1v) is 7.27. The van der Waals surface area contributed by atoms with Crippen molar-refractivity contribution in [3.63, 3.8) is 0 Å². The molecule has 2 aliphatic carbocycles. The lowest BCUT2D eigenvalue weighted by molar-refractivity contribution is 0.610. The van der Waals surface area contributed by atoms with Crippen LogP contribution in [0.3, 0.4) is 0 Å². The third-order valence-electron chi connectivity index (χ3n) is 5.09. The molecule has 2 aromatic carbocycles. The van der Waals surface area contributed by atoms with Crippen LogP contribution in [0, 0.1) is 0 Å². The molecule has 0 bridgehead atoms. The minimum atomic E-state index is 0.0615. The fourth-order valence-corrected chi connectivity index (χ4v) is 4.32. The van der Waals surface area contributed by atoms with Gasteiger partial charge in [0.15, 0.2) is 0 Å². The number of aromatic nitrogens is 1. The zero-order chi connectivity index (χ0) is 13.2. The largest absolute Gasteiger partial charge is 0.364 e. The fraction of sp³-hybridized carbons (Fsp3) is 0.158. The Morgan fingerprint density at radius 3 is 2.15 bits per heavy atom. The molecule has 1 N–H and O–H groups in total. The van der Waals surface area contributed by atoms with E-state index in [0.717, 1.165) is 0 Å². The maximum atomic E-state index is 3.53. The van der Waals surface area contributed by atoms with Gasteiger partial charge < -0.3 is 4.98 Å². The van der Waals surface area contributed by atoms with Crippen molar-refractivity contribution in [2.45, 2.75) is 18.3 Å². The molecule has 96 valence electrons. The van der Waals surface area contributed by atoms with Gasteiger partial charge in [0.25, 0.3) is 0 Å². The van der Waals surface area contributed by atoms with Crippen LogP contribution in [0.25, 0.3) is 11.1 Å². The number of aryl methyl sites for hydroxylation is 1. The van der Waals surface area contributed by atoms with Crippen LogP contribution in [-0.2, 0) is 11.8 Å². The first-order valence-electron chi connectivity index (χ1n) is 7.27. The number of aromatic amines is 1. The Morgan fingerprint density at radius 2 is 1.45 bits per heavy atom. The second-order valence-electron chi connectivity index (χ2n) is 5.87. The normalized spacial score (nSPS) is 17.0. The highest BCUT2D eigenvalue weighted by molar-refractivity contribution is 5.83. The van der Waals surface area contributed by atoms with E-state index in [1.807, 2.05) is 0 Å². The molecule has 1 spiro atoms. The van der Waals surface area contributed by atoms with Gasteiger partial charge in [-0.15, -0.1) is 0 Å². The van der Waals surface area contributed by atoms with Crippen LogP contribution in [-0.4, -0.2) is 4.98 Å². The number of H-pyrrole nitrogens is 1. The van der Waals surface area contributed by atoms with E-state index in [0.29, 0.717) is 0 Å². The number of fused-ring (bicyclic) bond motifs is 7. The van der Waals surface area contributed by atoms with Crippen LogP contribution in [0.5, 0.6) is 0 Å². The van der Waals surface area contributed by atoms with Crippen molar-refractivity contribution < 1.29 is 0 Å². The molecule has 3 aromatic rings. The van der Waals surface area contributed by atoms with Gasteiger partial charge in [0.2, 0.25) is 0 Å². The molecule has 2 aliphatic rings. The van der Waals surface area contributed by atoms with Crippen molar-refractivity contribution in [3.8, 4) is 11.1 Å². The first kappa shape index (κ1) is 10.5. The maximum Gasteiger partial charge on any atom is 0.0619 e. The minimum Gasteiger partial charge on any atom is -0.364 e. The molecule has 20 heavy (non-hydrogen) atoms. The summed E-state index contributed by atoms with van der Waals surface area (Å²) in [6.45, 7) is 0. The van der Waals surface area contributed by atoms with Gasteiger partial charge in [-0.25, -0.2) is 0 Å². The Labute approximate surface area is 118 Å². The van der Waals surface area contributed by atoms with Gasteiger partial charge >= 0.3 is 0 Å². The highest BCUT2D eigenvalue weighted by Crippen LogP contribution is 2.57. The molecule has 1 aromatic heterocycles. The number of benzene rings is 2. The van der Waals surface area contributed by atoms with Gasteiger partial charge in [-0.1, -0.05) is 48.5 Å². The summed E-state index contributed by atoms with van der Waals surface area (Å²) in [6.07, 6.45) is 4.44. The summed E-state index contributed by atoms with van der Waals surface area (Å²) in [5.41, 5.74) is 8.72. The monoisotopic (exact) mass is 257 g/mol. The zero-order valence-corrected chi connectivity index (χ0v) is 11.2. The standard InChI is InChI=1S/C19H15N/c1-3-7-16-14(5-1)15-6-2-4-8-17(15)19(16)11-9-13-10-12-20-18(13)19/h1-8,10,12,20H,9,11H2. The van der Waals surface area contributed by atoms with Crippen molar-refractivity contribution in [1.29, 1.82) is 0 Å². The van der Waals surface area contributed by atoms with Crippen molar-refractivity contribution in [1.82, 2.24) is 4.98 Å². The predicted octanol–water partition coefficient (Wildman–Crippen LogP) is 4.28. The summed E-state index contributed by atoms with van der Waals surface area (Å²) in [5.74, 6) is 0. The second kappa shape index (κ2) is 3.43. The summed E-state index contributed by atoms with van der Waals surface area (Å²) in [5, 5.41) is 0. The quantitative estimate of drug-likeness (QED) is 0.619. The van der Waals surface area contributed by atoms with E-state index < -0.39 is 0 Å². The summed E-state index contributed by atoms with van der Waals surface area (Å²) in [6, 6.07) is 20.1. The van der Waals surface area contributed by atoms with Gasteiger partial charge in [0, 0.05) is 11.9 Å². The predicted molar refractivity (Wildman–Crippen MR) is 80.9 cm³/mol.